The third-order valence-corrected chi connectivity index (χ3v) is 7.24. The number of hydrogen-bond donors (Lipinski definition) is 4. The van der Waals surface area contributed by atoms with Crippen LogP contribution in [0.3, 0.4) is 0 Å². The molecule has 1 aromatic carbocycles. The number of phenolic OH excluding ortho intramolecular Hbond substituents is 2. The minimum Gasteiger partial charge on any atom is -0.507 e. The summed E-state index contributed by atoms with van der Waals surface area (Å²) in [4.78, 5) is 55.3. The molecule has 0 saturated carbocycles. The second-order valence-electron chi connectivity index (χ2n) is 8.91. The molecule has 0 spiro atoms. The summed E-state index contributed by atoms with van der Waals surface area (Å²) in [5.74, 6) is -3.05. The molecule has 36 heavy (non-hydrogen) atoms. The first kappa shape index (κ1) is 25.1. The lowest BCUT2D eigenvalue weighted by Crippen LogP contribution is -2.41. The number of nitrogens with one attached hydrogen (secondary N) is 2. The van der Waals surface area contributed by atoms with Gasteiger partial charge in [0.1, 0.15) is 34.0 Å². The molecule has 1 amide bonds. The number of carbonyl (C=O) groups excluding carboxylic acids is 4. The van der Waals surface area contributed by atoms with Gasteiger partial charge in [0.15, 0.2) is 22.5 Å². The molecular formula is C25H25N3O7S. The normalized spacial score (nSPS) is 19.8. The van der Waals surface area contributed by atoms with Crippen LogP contribution < -0.4 is 15.4 Å². The first-order valence-electron chi connectivity index (χ1n) is 11.1. The van der Waals surface area contributed by atoms with Crippen LogP contribution in [0.4, 0.5) is 5.13 Å². The fourth-order valence-electron chi connectivity index (χ4n) is 4.41. The van der Waals surface area contributed by atoms with Crippen LogP contribution in [0.5, 0.6) is 17.2 Å². The second kappa shape index (κ2) is 8.90. The van der Waals surface area contributed by atoms with Gasteiger partial charge in [0, 0.05) is 35.7 Å². The molecule has 0 saturated heterocycles. The molecular weight excluding hydrogens is 486 g/mol. The highest BCUT2D eigenvalue weighted by molar-refractivity contribution is 7.13. The molecule has 188 valence electrons. The summed E-state index contributed by atoms with van der Waals surface area (Å²) in [7, 11) is 0. The SMILES string of the molecule is CC(=O)c1c(O)c(C)c(O)c2c1OC1=CC(=O)C(=C(C)NCCC(=O)Nc3nc(C)cs3)C(=O)C12C. The maximum atomic E-state index is 13.7. The monoisotopic (exact) mass is 511 g/mol. The van der Waals surface area contributed by atoms with E-state index in [4.69, 9.17) is 4.74 Å². The van der Waals surface area contributed by atoms with E-state index in [9.17, 15) is 29.4 Å². The van der Waals surface area contributed by atoms with Crippen molar-refractivity contribution in [3.63, 3.8) is 0 Å². The van der Waals surface area contributed by atoms with Crippen molar-refractivity contribution in [2.75, 3.05) is 11.9 Å². The van der Waals surface area contributed by atoms with E-state index in [-0.39, 0.29) is 64.1 Å². The Labute approximate surface area is 210 Å². The zero-order valence-electron chi connectivity index (χ0n) is 20.4. The fraction of sp³-hybridized carbons (Fsp3) is 0.320. The molecule has 0 fully saturated rings. The predicted octanol–water partition coefficient (Wildman–Crippen LogP) is 2.95. The van der Waals surface area contributed by atoms with Crippen molar-refractivity contribution in [1.29, 1.82) is 0 Å². The highest BCUT2D eigenvalue weighted by atomic mass is 32.1. The number of Topliss-reactive ketones (excluding diaryl/α,β-unsaturated/α-hetero) is 2. The van der Waals surface area contributed by atoms with Crippen molar-refractivity contribution in [1.82, 2.24) is 10.3 Å². The Balaban J connectivity index is 1.63. The summed E-state index contributed by atoms with van der Waals surface area (Å²) < 4.78 is 5.74. The number of amides is 1. The first-order valence-corrected chi connectivity index (χ1v) is 12.0. The van der Waals surface area contributed by atoms with Crippen LogP contribution >= 0.6 is 11.3 Å². The standard InChI is InChI=1S/C25H25N3O7S/c1-10-9-36-24(27-10)28-16(31)6-7-26-12(3)17-14(30)8-15-25(5,23(17)34)19-21(33)11(2)20(32)18(13(4)29)22(19)35-15/h8-9,26,32-33H,6-7H2,1-5H3,(H,27,28,31). The van der Waals surface area contributed by atoms with Crippen LogP contribution in [-0.4, -0.2) is 45.0 Å². The molecule has 1 aliphatic carbocycles. The number of anilines is 1. The highest BCUT2D eigenvalue weighted by Gasteiger charge is 2.56. The van der Waals surface area contributed by atoms with E-state index in [0.29, 0.717) is 5.13 Å². The molecule has 1 aromatic heterocycles. The number of ketones is 3. The van der Waals surface area contributed by atoms with Crippen molar-refractivity contribution >= 4 is 39.7 Å². The minimum atomic E-state index is -1.59. The zero-order chi connectivity index (χ0) is 26.5. The number of thiazole rings is 1. The molecule has 2 heterocycles. The van der Waals surface area contributed by atoms with Crippen molar-refractivity contribution in [3.05, 3.63) is 50.9 Å². The van der Waals surface area contributed by atoms with E-state index in [0.717, 1.165) is 11.8 Å². The van der Waals surface area contributed by atoms with Gasteiger partial charge in [-0.05, 0) is 34.6 Å². The third kappa shape index (κ3) is 3.85. The number of carbonyl (C=O) groups is 4. The van der Waals surface area contributed by atoms with Gasteiger partial charge in [0.05, 0.1) is 16.8 Å². The molecule has 1 aliphatic heterocycles. The first-order chi connectivity index (χ1) is 16.9. The van der Waals surface area contributed by atoms with E-state index in [2.05, 4.69) is 15.6 Å². The molecule has 1 unspecified atom stereocenters. The Hall–Kier alpha value is -3.99. The summed E-state index contributed by atoms with van der Waals surface area (Å²) in [5, 5.41) is 29.2. The number of allylic oxidation sites excluding steroid dienone is 4. The molecule has 1 atom stereocenters. The quantitative estimate of drug-likeness (QED) is 0.260. The molecule has 4 N–H and O–H groups in total. The Morgan fingerprint density at radius 1 is 1.17 bits per heavy atom. The van der Waals surface area contributed by atoms with E-state index >= 15 is 0 Å². The van der Waals surface area contributed by atoms with Gasteiger partial charge < -0.3 is 25.6 Å². The number of rotatable bonds is 6. The predicted molar refractivity (Wildman–Crippen MR) is 131 cm³/mol. The average Bonchev–Trinajstić information content (AvgIpc) is 3.32. The lowest BCUT2D eigenvalue weighted by molar-refractivity contribution is -0.123. The molecule has 2 aromatic rings. The molecule has 4 rings (SSSR count). The van der Waals surface area contributed by atoms with Crippen LogP contribution in [0.1, 0.15) is 54.4 Å². The number of aromatic hydroxyl groups is 2. The summed E-state index contributed by atoms with van der Waals surface area (Å²) in [6.45, 7) is 7.67. The molecule has 0 radical (unpaired) electrons. The smallest absolute Gasteiger partial charge is 0.227 e. The molecule has 2 aliphatic rings. The average molecular weight is 512 g/mol. The van der Waals surface area contributed by atoms with Gasteiger partial charge in [-0.1, -0.05) is 0 Å². The number of ether oxygens (including phenoxy) is 1. The van der Waals surface area contributed by atoms with E-state index in [1.54, 1.807) is 6.92 Å². The Bertz CT molecular complexity index is 1420. The Kier molecular flexibility index (Phi) is 6.21. The van der Waals surface area contributed by atoms with Crippen LogP contribution in [0.2, 0.25) is 0 Å². The van der Waals surface area contributed by atoms with Gasteiger partial charge in [-0.25, -0.2) is 4.98 Å². The van der Waals surface area contributed by atoms with E-state index in [1.807, 2.05) is 12.3 Å². The van der Waals surface area contributed by atoms with Crippen molar-refractivity contribution in [2.24, 2.45) is 0 Å². The van der Waals surface area contributed by atoms with Crippen molar-refractivity contribution < 1.29 is 34.1 Å². The lowest BCUT2D eigenvalue weighted by atomic mass is 9.70. The van der Waals surface area contributed by atoms with Gasteiger partial charge in [0.25, 0.3) is 0 Å². The summed E-state index contributed by atoms with van der Waals surface area (Å²) >= 11 is 1.31. The number of aromatic nitrogens is 1. The summed E-state index contributed by atoms with van der Waals surface area (Å²) in [5.41, 5.74) is -0.800. The maximum absolute atomic E-state index is 13.7. The molecule has 11 heteroatoms. The van der Waals surface area contributed by atoms with Crippen LogP contribution in [-0.2, 0) is 19.8 Å². The molecule has 0 bridgehead atoms. The van der Waals surface area contributed by atoms with Gasteiger partial charge in [0.2, 0.25) is 5.91 Å². The topological polar surface area (TPSA) is 155 Å². The van der Waals surface area contributed by atoms with Crippen LogP contribution in [0, 0.1) is 13.8 Å². The zero-order valence-corrected chi connectivity index (χ0v) is 21.2. The van der Waals surface area contributed by atoms with Crippen LogP contribution in [0.25, 0.3) is 0 Å². The highest BCUT2D eigenvalue weighted by Crippen LogP contribution is 2.57. The minimum absolute atomic E-state index is 0.0233. The van der Waals surface area contributed by atoms with Crippen LogP contribution in [0.15, 0.2) is 28.5 Å². The Morgan fingerprint density at radius 3 is 2.47 bits per heavy atom. The van der Waals surface area contributed by atoms with Gasteiger partial charge >= 0.3 is 0 Å². The number of hydrogen-bond acceptors (Lipinski definition) is 10. The van der Waals surface area contributed by atoms with Gasteiger partial charge in [-0.2, -0.15) is 0 Å². The fourth-order valence-corrected chi connectivity index (χ4v) is 5.11. The third-order valence-electron chi connectivity index (χ3n) is 6.37. The van der Waals surface area contributed by atoms with Crippen molar-refractivity contribution in [2.45, 2.75) is 46.5 Å². The van der Waals surface area contributed by atoms with E-state index < -0.39 is 28.5 Å². The molecule has 10 nitrogen and oxygen atoms in total. The number of aryl methyl sites for hydroxylation is 1. The number of phenols is 2. The number of nitrogens with zero attached hydrogens (tertiary/aromatic N) is 1. The number of benzene rings is 1. The van der Waals surface area contributed by atoms with Crippen molar-refractivity contribution in [3.8, 4) is 17.2 Å². The summed E-state index contributed by atoms with van der Waals surface area (Å²) in [6.07, 6.45) is 1.21. The summed E-state index contributed by atoms with van der Waals surface area (Å²) in [6, 6.07) is 0. The van der Waals surface area contributed by atoms with E-state index in [1.165, 1.54) is 32.1 Å². The van der Waals surface area contributed by atoms with Gasteiger partial charge in [-0.15, -0.1) is 11.3 Å². The lowest BCUT2D eigenvalue weighted by Gasteiger charge is -2.29. The maximum Gasteiger partial charge on any atom is 0.227 e. The second-order valence-corrected chi connectivity index (χ2v) is 9.76. The Morgan fingerprint density at radius 2 is 1.86 bits per heavy atom. The number of fused-ring (bicyclic) bond motifs is 3. The van der Waals surface area contributed by atoms with Gasteiger partial charge in [-0.3, -0.25) is 19.2 Å². The largest absolute Gasteiger partial charge is 0.507 e.